The number of carbonyl (C=O) groups excluding carboxylic acids is 1. The Hall–Kier alpha value is -1.78. The fourth-order valence-corrected chi connectivity index (χ4v) is 3.98. The molecule has 0 aliphatic carbocycles. The van der Waals surface area contributed by atoms with Gasteiger partial charge in [0.15, 0.2) is 0 Å². The molecule has 2 aromatic carbocycles. The first-order chi connectivity index (χ1) is 11.8. The fourth-order valence-electron chi connectivity index (χ4n) is 3.18. The molecule has 3 rings (SSSR count). The van der Waals surface area contributed by atoms with E-state index in [1.165, 1.54) is 5.56 Å². The van der Waals surface area contributed by atoms with Gasteiger partial charge in [-0.1, -0.05) is 49.4 Å². The summed E-state index contributed by atoms with van der Waals surface area (Å²) >= 11 is 1.74. The van der Waals surface area contributed by atoms with Crippen molar-refractivity contribution in [1.82, 2.24) is 4.90 Å². The first-order valence-corrected chi connectivity index (χ1v) is 9.65. The Kier molecular flexibility index (Phi) is 5.94. The molecule has 4 heteroatoms. The van der Waals surface area contributed by atoms with Gasteiger partial charge >= 0.3 is 0 Å². The molecular weight excluding hydrogens is 316 g/mol. The molecule has 0 saturated carbocycles. The quantitative estimate of drug-likeness (QED) is 0.845. The molecule has 126 valence electrons. The molecule has 24 heavy (non-hydrogen) atoms. The van der Waals surface area contributed by atoms with Crippen LogP contribution < -0.4 is 4.90 Å². The van der Waals surface area contributed by atoms with E-state index < -0.39 is 0 Å². The Morgan fingerprint density at radius 1 is 1.04 bits per heavy atom. The minimum absolute atomic E-state index is 0.185. The van der Waals surface area contributed by atoms with E-state index in [0.29, 0.717) is 0 Å². The molecule has 0 unspecified atom stereocenters. The van der Waals surface area contributed by atoms with E-state index in [1.807, 2.05) is 23.1 Å². The highest BCUT2D eigenvalue weighted by molar-refractivity contribution is 7.99. The number of quaternary nitrogens is 1. The molecule has 0 aromatic heterocycles. The van der Waals surface area contributed by atoms with Crippen molar-refractivity contribution in [3.63, 3.8) is 0 Å². The van der Waals surface area contributed by atoms with Gasteiger partial charge in [0, 0.05) is 10.5 Å². The third-order valence-corrected chi connectivity index (χ3v) is 5.43. The summed E-state index contributed by atoms with van der Waals surface area (Å²) in [6.45, 7) is 6.88. The third-order valence-electron chi connectivity index (χ3n) is 4.47. The van der Waals surface area contributed by atoms with Gasteiger partial charge < -0.3 is 9.80 Å². The summed E-state index contributed by atoms with van der Waals surface area (Å²) in [5, 5.41) is 0. The molecule has 0 atom stereocenters. The van der Waals surface area contributed by atoms with E-state index in [2.05, 4.69) is 43.3 Å². The average molecular weight is 342 g/mol. The zero-order chi connectivity index (χ0) is 16.8. The highest BCUT2D eigenvalue weighted by Gasteiger charge is 2.25. The maximum Gasteiger partial charge on any atom is 0.255 e. The van der Waals surface area contributed by atoms with Crippen LogP contribution in [-0.4, -0.2) is 42.7 Å². The van der Waals surface area contributed by atoms with Crippen LogP contribution in [0.15, 0.2) is 59.5 Å². The van der Waals surface area contributed by atoms with Crippen LogP contribution in [-0.2, 0) is 6.54 Å². The summed E-state index contributed by atoms with van der Waals surface area (Å²) in [4.78, 5) is 17.5. The number of nitrogens with zero attached hydrogens (tertiary/aromatic N) is 1. The normalized spacial score (nSPS) is 15.5. The summed E-state index contributed by atoms with van der Waals surface area (Å²) in [5.74, 6) is 1.17. The molecule has 1 heterocycles. The van der Waals surface area contributed by atoms with Crippen molar-refractivity contribution in [2.24, 2.45) is 0 Å². The van der Waals surface area contributed by atoms with Gasteiger partial charge in [0.1, 0.15) is 6.54 Å². The Labute approximate surface area is 148 Å². The largest absolute Gasteiger partial charge is 0.328 e. The SMILES string of the molecule is CCSc1ccccc1C(=O)N1CC[NH+](Cc2ccccc2)CC1. The maximum atomic E-state index is 12.9. The number of piperazine rings is 1. The number of hydrogen-bond donors (Lipinski definition) is 1. The van der Waals surface area contributed by atoms with Crippen molar-refractivity contribution < 1.29 is 9.69 Å². The molecule has 1 amide bonds. The highest BCUT2D eigenvalue weighted by Crippen LogP contribution is 2.23. The summed E-state index contributed by atoms with van der Waals surface area (Å²) in [7, 11) is 0. The minimum Gasteiger partial charge on any atom is -0.328 e. The van der Waals surface area contributed by atoms with Crippen LogP contribution >= 0.6 is 11.8 Å². The van der Waals surface area contributed by atoms with Crippen LogP contribution in [0.3, 0.4) is 0 Å². The van der Waals surface area contributed by atoms with Crippen molar-refractivity contribution in [3.05, 3.63) is 65.7 Å². The Morgan fingerprint density at radius 2 is 1.71 bits per heavy atom. The van der Waals surface area contributed by atoms with E-state index in [9.17, 15) is 4.79 Å². The van der Waals surface area contributed by atoms with E-state index in [4.69, 9.17) is 0 Å². The molecule has 1 saturated heterocycles. The number of thioether (sulfide) groups is 1. The number of rotatable bonds is 5. The second-order valence-electron chi connectivity index (χ2n) is 6.13. The van der Waals surface area contributed by atoms with Crippen LogP contribution in [0.4, 0.5) is 0 Å². The first-order valence-electron chi connectivity index (χ1n) is 8.66. The monoisotopic (exact) mass is 341 g/mol. The maximum absolute atomic E-state index is 12.9. The summed E-state index contributed by atoms with van der Waals surface area (Å²) < 4.78 is 0. The van der Waals surface area contributed by atoms with Crippen LogP contribution in [0.5, 0.6) is 0 Å². The number of carbonyl (C=O) groups is 1. The van der Waals surface area contributed by atoms with Crippen molar-refractivity contribution >= 4 is 17.7 Å². The smallest absolute Gasteiger partial charge is 0.255 e. The van der Waals surface area contributed by atoms with Crippen molar-refractivity contribution in [3.8, 4) is 0 Å². The highest BCUT2D eigenvalue weighted by atomic mass is 32.2. The zero-order valence-electron chi connectivity index (χ0n) is 14.2. The van der Waals surface area contributed by atoms with Gasteiger partial charge in [-0.05, 0) is 17.9 Å². The predicted octanol–water partition coefficient (Wildman–Crippen LogP) is 2.34. The molecule has 2 aromatic rings. The first kappa shape index (κ1) is 17.1. The van der Waals surface area contributed by atoms with Crippen molar-refractivity contribution in [1.29, 1.82) is 0 Å². The lowest BCUT2D eigenvalue weighted by Gasteiger charge is -2.32. The number of benzene rings is 2. The third kappa shape index (κ3) is 4.19. The van der Waals surface area contributed by atoms with E-state index in [0.717, 1.165) is 48.9 Å². The predicted molar refractivity (Wildman–Crippen MR) is 99.6 cm³/mol. The lowest BCUT2D eigenvalue weighted by atomic mass is 10.1. The standard InChI is InChI=1S/C20H24N2OS/c1-2-24-19-11-7-6-10-18(19)20(23)22-14-12-21(13-15-22)16-17-8-4-3-5-9-17/h3-11H,2,12-16H2,1H3/p+1. The Bertz CT molecular complexity index is 666. The molecule has 1 N–H and O–H groups in total. The second kappa shape index (κ2) is 8.36. The molecule has 1 aliphatic heterocycles. The zero-order valence-corrected chi connectivity index (χ0v) is 15.0. The van der Waals surface area contributed by atoms with E-state index >= 15 is 0 Å². The van der Waals surface area contributed by atoms with Gasteiger partial charge in [-0.15, -0.1) is 11.8 Å². The molecule has 3 nitrogen and oxygen atoms in total. The minimum atomic E-state index is 0.185. The van der Waals surface area contributed by atoms with Gasteiger partial charge in [0.05, 0.1) is 31.7 Å². The van der Waals surface area contributed by atoms with Gasteiger partial charge in [0.2, 0.25) is 0 Å². The van der Waals surface area contributed by atoms with Gasteiger partial charge in [-0.25, -0.2) is 0 Å². The molecule has 0 bridgehead atoms. The lowest BCUT2D eigenvalue weighted by Crippen LogP contribution is -3.13. The molecule has 1 fully saturated rings. The fraction of sp³-hybridized carbons (Fsp3) is 0.350. The molecule has 0 radical (unpaired) electrons. The molecule has 0 spiro atoms. The number of hydrogen-bond acceptors (Lipinski definition) is 2. The topological polar surface area (TPSA) is 24.8 Å². The summed E-state index contributed by atoms with van der Waals surface area (Å²) in [6, 6.07) is 18.6. The van der Waals surface area contributed by atoms with Crippen LogP contribution in [0, 0.1) is 0 Å². The second-order valence-corrected chi connectivity index (χ2v) is 7.44. The van der Waals surface area contributed by atoms with Crippen molar-refractivity contribution in [2.45, 2.75) is 18.4 Å². The Morgan fingerprint density at radius 3 is 2.42 bits per heavy atom. The van der Waals surface area contributed by atoms with Crippen LogP contribution in [0.1, 0.15) is 22.8 Å². The van der Waals surface area contributed by atoms with Crippen LogP contribution in [0.25, 0.3) is 0 Å². The van der Waals surface area contributed by atoms with Crippen molar-refractivity contribution in [2.75, 3.05) is 31.9 Å². The van der Waals surface area contributed by atoms with E-state index in [1.54, 1.807) is 16.7 Å². The van der Waals surface area contributed by atoms with Crippen LogP contribution in [0.2, 0.25) is 0 Å². The van der Waals surface area contributed by atoms with Gasteiger partial charge in [0.25, 0.3) is 5.91 Å². The number of amides is 1. The van der Waals surface area contributed by atoms with Gasteiger partial charge in [-0.2, -0.15) is 0 Å². The Balaban J connectivity index is 1.59. The lowest BCUT2D eigenvalue weighted by molar-refractivity contribution is -0.917. The average Bonchev–Trinajstić information content (AvgIpc) is 2.63. The molecule has 1 aliphatic rings. The number of nitrogens with one attached hydrogen (secondary N) is 1. The van der Waals surface area contributed by atoms with Gasteiger partial charge in [-0.3, -0.25) is 4.79 Å². The van der Waals surface area contributed by atoms with E-state index in [-0.39, 0.29) is 5.91 Å². The molecular formula is C20H25N2OS+. The summed E-state index contributed by atoms with van der Waals surface area (Å²) in [6.07, 6.45) is 0. The summed E-state index contributed by atoms with van der Waals surface area (Å²) in [5.41, 5.74) is 2.23.